The second-order valence-electron chi connectivity index (χ2n) is 7.09. The molecule has 32 heavy (non-hydrogen) atoms. The summed E-state index contributed by atoms with van der Waals surface area (Å²) in [5.41, 5.74) is -1.69. The number of amides is 1. The molecule has 0 aromatic heterocycles. The lowest BCUT2D eigenvalue weighted by atomic mass is 10.1. The number of anilines is 1. The van der Waals surface area contributed by atoms with E-state index in [9.17, 15) is 23.3 Å². The molecule has 0 atom stereocenters. The summed E-state index contributed by atoms with van der Waals surface area (Å²) in [7, 11) is -1.84. The fraction of sp³-hybridized carbons (Fsp3) is 0.286. The zero-order valence-electron chi connectivity index (χ0n) is 18.0. The van der Waals surface area contributed by atoms with Crippen LogP contribution < -0.4 is 19.1 Å². The Morgan fingerprint density at radius 1 is 1.22 bits per heavy atom. The predicted molar refractivity (Wildman–Crippen MR) is 118 cm³/mol. The molecule has 0 fully saturated rings. The lowest BCUT2D eigenvalue weighted by Gasteiger charge is -2.27. The quantitative estimate of drug-likeness (QED) is 0.345. The molecule has 0 aliphatic rings. The average molecular weight is 461 g/mol. The number of rotatable bonds is 9. The minimum atomic E-state index is -4.58. The number of carbonyl (C=O) groups is 1. The van der Waals surface area contributed by atoms with Gasteiger partial charge in [-0.15, -0.1) is 6.42 Å². The van der Waals surface area contributed by atoms with Gasteiger partial charge in [-0.2, -0.15) is 0 Å². The first-order valence-electron chi connectivity index (χ1n) is 9.24. The Kier molecular flexibility index (Phi) is 7.32. The van der Waals surface area contributed by atoms with E-state index in [0.29, 0.717) is 5.75 Å². The number of nitrogens with one attached hydrogen (secondary N) is 1. The zero-order valence-corrected chi connectivity index (χ0v) is 18.8. The number of methoxy groups -OCH3 is 2. The zero-order chi connectivity index (χ0) is 24.1. The molecule has 0 saturated carbocycles. The van der Waals surface area contributed by atoms with E-state index >= 15 is 0 Å². The number of ether oxygens (including phenoxy) is 2. The van der Waals surface area contributed by atoms with Crippen LogP contribution in [0.2, 0.25) is 0 Å². The fourth-order valence-corrected chi connectivity index (χ4v) is 4.38. The molecule has 0 spiro atoms. The van der Waals surface area contributed by atoms with Gasteiger partial charge in [-0.3, -0.25) is 19.2 Å². The van der Waals surface area contributed by atoms with Gasteiger partial charge < -0.3 is 14.8 Å². The van der Waals surface area contributed by atoms with Gasteiger partial charge in [0, 0.05) is 12.1 Å². The third-order valence-corrected chi connectivity index (χ3v) is 6.19. The summed E-state index contributed by atoms with van der Waals surface area (Å²) < 4.78 is 38.3. The molecule has 1 N–H and O–H groups in total. The van der Waals surface area contributed by atoms with Gasteiger partial charge in [-0.05, 0) is 32.0 Å². The van der Waals surface area contributed by atoms with Crippen LogP contribution in [0.25, 0.3) is 0 Å². The van der Waals surface area contributed by atoms with Crippen LogP contribution in [0.5, 0.6) is 11.5 Å². The number of nitro groups is 1. The normalized spacial score (nSPS) is 11.2. The SMILES string of the molecule is C#CC(C)(C)NC(=O)CN(c1ccc(OC)cc1OC)S(=O)(=O)c1ccccc1[N+](=O)[O-]. The Morgan fingerprint density at radius 3 is 2.44 bits per heavy atom. The molecular formula is C21H23N3O7S. The minimum absolute atomic E-state index is 0.0138. The number of terminal acetylenes is 1. The largest absolute Gasteiger partial charge is 0.497 e. The number of hydrogen-bond donors (Lipinski definition) is 1. The van der Waals surface area contributed by atoms with E-state index in [1.807, 2.05) is 0 Å². The van der Waals surface area contributed by atoms with Crippen LogP contribution in [0.1, 0.15) is 13.8 Å². The third-order valence-electron chi connectivity index (χ3n) is 4.39. The van der Waals surface area contributed by atoms with Crippen molar-refractivity contribution in [3.8, 4) is 23.8 Å². The van der Waals surface area contributed by atoms with Gasteiger partial charge in [0.15, 0.2) is 4.90 Å². The molecule has 2 aromatic rings. The molecule has 0 bridgehead atoms. The van der Waals surface area contributed by atoms with E-state index in [0.717, 1.165) is 16.4 Å². The van der Waals surface area contributed by atoms with Gasteiger partial charge in [0.1, 0.15) is 18.0 Å². The maximum Gasteiger partial charge on any atom is 0.289 e. The van der Waals surface area contributed by atoms with E-state index in [-0.39, 0.29) is 11.4 Å². The molecule has 2 rings (SSSR count). The number of benzene rings is 2. The highest BCUT2D eigenvalue weighted by atomic mass is 32.2. The van der Waals surface area contributed by atoms with Gasteiger partial charge >= 0.3 is 0 Å². The summed E-state index contributed by atoms with van der Waals surface area (Å²) in [6.07, 6.45) is 5.40. The lowest BCUT2D eigenvalue weighted by molar-refractivity contribution is -0.387. The van der Waals surface area contributed by atoms with E-state index in [2.05, 4.69) is 11.2 Å². The van der Waals surface area contributed by atoms with Crippen molar-refractivity contribution in [3.63, 3.8) is 0 Å². The maximum atomic E-state index is 13.6. The summed E-state index contributed by atoms with van der Waals surface area (Å²) in [6.45, 7) is 2.43. The van der Waals surface area contributed by atoms with E-state index in [1.165, 1.54) is 44.6 Å². The Hall–Kier alpha value is -3.78. The predicted octanol–water partition coefficient (Wildman–Crippen LogP) is 2.34. The van der Waals surface area contributed by atoms with E-state index in [4.69, 9.17) is 15.9 Å². The molecule has 0 aliphatic carbocycles. The van der Waals surface area contributed by atoms with Crippen molar-refractivity contribution in [2.24, 2.45) is 0 Å². The number of carbonyl (C=O) groups excluding carboxylic acids is 1. The lowest BCUT2D eigenvalue weighted by Crippen LogP contribution is -2.48. The van der Waals surface area contributed by atoms with Crippen LogP contribution in [0.3, 0.4) is 0 Å². The maximum absolute atomic E-state index is 13.6. The second-order valence-corrected chi connectivity index (χ2v) is 8.92. The van der Waals surface area contributed by atoms with Gasteiger partial charge in [0.2, 0.25) is 5.91 Å². The second kappa shape index (κ2) is 9.57. The highest BCUT2D eigenvalue weighted by Gasteiger charge is 2.35. The van der Waals surface area contributed by atoms with Crippen molar-refractivity contribution >= 4 is 27.3 Å². The van der Waals surface area contributed by atoms with Crippen LogP contribution in [-0.2, 0) is 14.8 Å². The van der Waals surface area contributed by atoms with Crippen LogP contribution >= 0.6 is 0 Å². The molecule has 170 valence electrons. The Morgan fingerprint density at radius 2 is 1.88 bits per heavy atom. The summed E-state index contributed by atoms with van der Waals surface area (Å²) in [5.74, 6) is 2.13. The summed E-state index contributed by atoms with van der Waals surface area (Å²) >= 11 is 0. The molecule has 10 nitrogen and oxygen atoms in total. The summed E-state index contributed by atoms with van der Waals surface area (Å²) in [6, 6.07) is 9.15. The molecular weight excluding hydrogens is 438 g/mol. The topological polar surface area (TPSA) is 128 Å². The van der Waals surface area contributed by atoms with Crippen molar-refractivity contribution in [3.05, 3.63) is 52.6 Å². The van der Waals surface area contributed by atoms with Crippen LogP contribution in [0, 0.1) is 22.5 Å². The Balaban J connectivity index is 2.68. The summed E-state index contributed by atoms with van der Waals surface area (Å²) in [5, 5.41) is 14.0. The third kappa shape index (κ3) is 5.28. The molecule has 1 amide bonds. The first-order valence-corrected chi connectivity index (χ1v) is 10.7. The summed E-state index contributed by atoms with van der Waals surface area (Å²) in [4.78, 5) is 22.8. The Bertz CT molecular complexity index is 1170. The number of nitro benzene ring substituents is 1. The van der Waals surface area contributed by atoms with Crippen LogP contribution in [-0.4, -0.2) is 45.6 Å². The molecule has 2 aromatic carbocycles. The smallest absolute Gasteiger partial charge is 0.289 e. The van der Waals surface area contributed by atoms with Crippen LogP contribution in [0.15, 0.2) is 47.4 Å². The highest BCUT2D eigenvalue weighted by molar-refractivity contribution is 7.93. The first kappa shape index (κ1) is 24.5. The Labute approximate surface area is 186 Å². The molecule has 0 aliphatic heterocycles. The fourth-order valence-electron chi connectivity index (χ4n) is 2.79. The molecule has 0 saturated heterocycles. The number of para-hydroxylation sites is 1. The number of nitrogens with zero attached hydrogens (tertiary/aromatic N) is 2. The van der Waals surface area contributed by atoms with Crippen molar-refractivity contribution in [1.29, 1.82) is 0 Å². The van der Waals surface area contributed by atoms with Gasteiger partial charge in [0.05, 0.1) is 30.4 Å². The highest BCUT2D eigenvalue weighted by Crippen LogP contribution is 2.37. The molecule has 0 heterocycles. The number of hydrogen-bond acceptors (Lipinski definition) is 7. The first-order chi connectivity index (χ1) is 15.0. The molecule has 11 heteroatoms. The molecule has 0 radical (unpaired) electrons. The minimum Gasteiger partial charge on any atom is -0.497 e. The van der Waals surface area contributed by atoms with Crippen molar-refractivity contribution < 1.29 is 27.6 Å². The van der Waals surface area contributed by atoms with E-state index < -0.39 is 43.5 Å². The average Bonchev–Trinajstić information content (AvgIpc) is 2.76. The standard InChI is InChI=1S/C21H23N3O7S/c1-6-21(2,3)22-20(25)14-23(16-12-11-15(30-4)13-18(16)31-5)32(28,29)19-10-8-7-9-17(19)24(26)27/h1,7-13H,14H2,2-5H3,(H,22,25). The van der Waals surface area contributed by atoms with Crippen molar-refractivity contribution in [1.82, 2.24) is 5.32 Å². The monoisotopic (exact) mass is 461 g/mol. The van der Waals surface area contributed by atoms with E-state index in [1.54, 1.807) is 13.8 Å². The number of sulfonamides is 1. The van der Waals surface area contributed by atoms with Crippen molar-refractivity contribution in [2.45, 2.75) is 24.3 Å². The van der Waals surface area contributed by atoms with Crippen molar-refractivity contribution in [2.75, 3.05) is 25.1 Å². The van der Waals surface area contributed by atoms with Gasteiger partial charge in [0.25, 0.3) is 15.7 Å². The van der Waals surface area contributed by atoms with Crippen LogP contribution in [0.4, 0.5) is 11.4 Å². The van der Waals surface area contributed by atoms with Gasteiger partial charge in [-0.1, -0.05) is 18.1 Å². The molecule has 0 unspecified atom stereocenters. The van der Waals surface area contributed by atoms with Gasteiger partial charge in [-0.25, -0.2) is 8.42 Å².